The number of rotatable bonds is 5. The van der Waals surface area contributed by atoms with Gasteiger partial charge in [0.25, 0.3) is 0 Å². The standard InChI is InChI=1S/C14H21NO3/c1-14(2,9-15-10-16-3)11-4-5-12-13(8-11)18-7-6-17-12/h4-5,8,15H,6-7,9-10H2,1-3H3. The Morgan fingerprint density at radius 1 is 1.22 bits per heavy atom. The minimum Gasteiger partial charge on any atom is -0.486 e. The Balaban J connectivity index is 2.11. The normalized spacial score (nSPS) is 14.6. The fraction of sp³-hybridized carbons (Fsp3) is 0.571. The molecule has 1 heterocycles. The highest BCUT2D eigenvalue weighted by atomic mass is 16.6. The molecule has 1 aromatic rings. The third-order valence-corrected chi connectivity index (χ3v) is 3.14. The first kappa shape index (κ1) is 13.2. The van der Waals surface area contributed by atoms with Crippen molar-refractivity contribution in [3.05, 3.63) is 23.8 Å². The van der Waals surface area contributed by atoms with E-state index >= 15 is 0 Å². The molecule has 0 aromatic heterocycles. The lowest BCUT2D eigenvalue weighted by Crippen LogP contribution is -2.34. The summed E-state index contributed by atoms with van der Waals surface area (Å²) in [6.07, 6.45) is 0. The van der Waals surface area contributed by atoms with Crippen LogP contribution in [0.5, 0.6) is 11.5 Å². The molecule has 1 aromatic carbocycles. The van der Waals surface area contributed by atoms with Gasteiger partial charge in [-0.25, -0.2) is 0 Å². The lowest BCUT2D eigenvalue weighted by atomic mass is 9.84. The number of hydrogen-bond acceptors (Lipinski definition) is 4. The first-order valence-electron chi connectivity index (χ1n) is 6.23. The fourth-order valence-corrected chi connectivity index (χ4v) is 2.03. The number of hydrogen-bond donors (Lipinski definition) is 1. The van der Waals surface area contributed by atoms with Gasteiger partial charge in [-0.2, -0.15) is 0 Å². The van der Waals surface area contributed by atoms with Gasteiger partial charge in [-0.15, -0.1) is 0 Å². The highest BCUT2D eigenvalue weighted by Crippen LogP contribution is 2.34. The van der Waals surface area contributed by atoms with E-state index in [4.69, 9.17) is 14.2 Å². The minimum atomic E-state index is 0.0222. The van der Waals surface area contributed by atoms with Crippen molar-refractivity contribution in [2.45, 2.75) is 19.3 Å². The summed E-state index contributed by atoms with van der Waals surface area (Å²) in [5.74, 6) is 1.68. The molecule has 1 N–H and O–H groups in total. The van der Waals surface area contributed by atoms with E-state index in [1.54, 1.807) is 7.11 Å². The molecule has 4 nitrogen and oxygen atoms in total. The van der Waals surface area contributed by atoms with Crippen molar-refractivity contribution in [3.63, 3.8) is 0 Å². The summed E-state index contributed by atoms with van der Waals surface area (Å²) < 4.78 is 16.2. The molecule has 0 radical (unpaired) electrons. The van der Waals surface area contributed by atoms with Crippen molar-refractivity contribution >= 4 is 0 Å². The summed E-state index contributed by atoms with van der Waals surface area (Å²) in [7, 11) is 1.68. The molecule has 1 aliphatic rings. The van der Waals surface area contributed by atoms with Crippen LogP contribution in [-0.4, -0.2) is 33.6 Å². The third-order valence-electron chi connectivity index (χ3n) is 3.14. The molecule has 4 heteroatoms. The van der Waals surface area contributed by atoms with Gasteiger partial charge < -0.3 is 14.2 Å². The zero-order chi connectivity index (χ0) is 13.0. The summed E-state index contributed by atoms with van der Waals surface area (Å²) in [6, 6.07) is 6.16. The molecule has 100 valence electrons. The maximum atomic E-state index is 5.61. The predicted molar refractivity (Wildman–Crippen MR) is 70.3 cm³/mol. The molecule has 1 aliphatic heterocycles. The number of nitrogens with one attached hydrogen (secondary N) is 1. The monoisotopic (exact) mass is 251 g/mol. The van der Waals surface area contributed by atoms with E-state index < -0.39 is 0 Å². The molecule has 0 aliphatic carbocycles. The first-order chi connectivity index (χ1) is 8.63. The molecular formula is C14H21NO3. The molecule has 0 amide bonds. The van der Waals surface area contributed by atoms with Crippen molar-refractivity contribution in [2.24, 2.45) is 0 Å². The molecule has 0 bridgehead atoms. The number of fused-ring (bicyclic) bond motifs is 1. The van der Waals surface area contributed by atoms with Gasteiger partial charge in [0.2, 0.25) is 0 Å². The second kappa shape index (κ2) is 5.59. The Hall–Kier alpha value is -1.26. The molecule has 0 saturated heterocycles. The van der Waals surface area contributed by atoms with Gasteiger partial charge in [0.1, 0.15) is 13.2 Å². The van der Waals surface area contributed by atoms with Gasteiger partial charge in [-0.05, 0) is 17.7 Å². The van der Waals surface area contributed by atoms with Gasteiger partial charge in [-0.1, -0.05) is 19.9 Å². The summed E-state index contributed by atoms with van der Waals surface area (Å²) >= 11 is 0. The van der Waals surface area contributed by atoms with Crippen LogP contribution in [0.25, 0.3) is 0 Å². The van der Waals surface area contributed by atoms with Crippen LogP contribution in [0.3, 0.4) is 0 Å². The van der Waals surface area contributed by atoms with Gasteiger partial charge in [-0.3, -0.25) is 5.32 Å². The van der Waals surface area contributed by atoms with Crippen LogP contribution in [0.15, 0.2) is 18.2 Å². The second-order valence-electron chi connectivity index (χ2n) is 5.10. The van der Waals surface area contributed by atoms with Gasteiger partial charge in [0, 0.05) is 19.1 Å². The number of ether oxygens (including phenoxy) is 3. The zero-order valence-electron chi connectivity index (χ0n) is 11.3. The lowest BCUT2D eigenvalue weighted by Gasteiger charge is -2.27. The fourth-order valence-electron chi connectivity index (χ4n) is 2.03. The van der Waals surface area contributed by atoms with Crippen LogP contribution >= 0.6 is 0 Å². The van der Waals surface area contributed by atoms with E-state index in [9.17, 15) is 0 Å². The molecule has 0 saturated carbocycles. The topological polar surface area (TPSA) is 39.7 Å². The molecule has 0 unspecified atom stereocenters. The molecule has 0 spiro atoms. The second-order valence-corrected chi connectivity index (χ2v) is 5.10. The van der Waals surface area contributed by atoms with E-state index in [2.05, 4.69) is 31.3 Å². The van der Waals surface area contributed by atoms with Crippen molar-refractivity contribution in [1.82, 2.24) is 5.32 Å². The maximum absolute atomic E-state index is 5.61. The quantitative estimate of drug-likeness (QED) is 0.641. The Bertz CT molecular complexity index is 404. The Morgan fingerprint density at radius 3 is 2.67 bits per heavy atom. The smallest absolute Gasteiger partial charge is 0.161 e. The SMILES string of the molecule is COCNCC(C)(C)c1ccc2c(c1)OCCO2. The Kier molecular flexibility index (Phi) is 4.09. The molecule has 18 heavy (non-hydrogen) atoms. The molecular weight excluding hydrogens is 230 g/mol. The Morgan fingerprint density at radius 2 is 1.94 bits per heavy atom. The van der Waals surface area contributed by atoms with E-state index in [1.807, 2.05) is 6.07 Å². The predicted octanol–water partition coefficient (Wildman–Crippen LogP) is 1.93. The van der Waals surface area contributed by atoms with Crippen molar-refractivity contribution in [3.8, 4) is 11.5 Å². The minimum absolute atomic E-state index is 0.0222. The molecule has 0 fully saturated rings. The van der Waals surface area contributed by atoms with E-state index in [-0.39, 0.29) is 5.41 Å². The highest BCUT2D eigenvalue weighted by Gasteiger charge is 2.22. The lowest BCUT2D eigenvalue weighted by molar-refractivity contribution is 0.167. The van der Waals surface area contributed by atoms with Crippen molar-refractivity contribution in [1.29, 1.82) is 0 Å². The van der Waals surface area contributed by atoms with Crippen LogP contribution < -0.4 is 14.8 Å². The van der Waals surface area contributed by atoms with Gasteiger partial charge in [0.15, 0.2) is 11.5 Å². The van der Waals surface area contributed by atoms with Crippen LogP contribution in [0.2, 0.25) is 0 Å². The Labute approximate surface area is 108 Å². The number of methoxy groups -OCH3 is 1. The van der Waals surface area contributed by atoms with Gasteiger partial charge in [0.05, 0.1) is 6.73 Å². The third kappa shape index (κ3) is 2.94. The molecule has 0 atom stereocenters. The number of benzene rings is 1. The van der Waals surface area contributed by atoms with E-state index in [1.165, 1.54) is 5.56 Å². The summed E-state index contributed by atoms with van der Waals surface area (Å²) in [6.45, 7) is 7.06. The average Bonchev–Trinajstić information content (AvgIpc) is 2.38. The highest BCUT2D eigenvalue weighted by molar-refractivity contribution is 5.45. The van der Waals surface area contributed by atoms with Crippen LogP contribution in [-0.2, 0) is 10.2 Å². The average molecular weight is 251 g/mol. The van der Waals surface area contributed by atoms with Crippen LogP contribution in [0.4, 0.5) is 0 Å². The van der Waals surface area contributed by atoms with Crippen molar-refractivity contribution < 1.29 is 14.2 Å². The van der Waals surface area contributed by atoms with Gasteiger partial charge >= 0.3 is 0 Å². The van der Waals surface area contributed by atoms with Crippen molar-refractivity contribution in [2.75, 3.05) is 33.6 Å². The largest absolute Gasteiger partial charge is 0.486 e. The van der Waals surface area contributed by atoms with E-state index in [0.717, 1.165) is 18.0 Å². The van der Waals surface area contributed by atoms with E-state index in [0.29, 0.717) is 19.9 Å². The molecule has 2 rings (SSSR count). The van der Waals surface area contributed by atoms with Crippen LogP contribution in [0, 0.1) is 0 Å². The summed E-state index contributed by atoms with van der Waals surface area (Å²) in [5.41, 5.74) is 1.25. The maximum Gasteiger partial charge on any atom is 0.161 e. The first-order valence-corrected chi connectivity index (χ1v) is 6.23. The zero-order valence-corrected chi connectivity index (χ0v) is 11.3. The summed E-state index contributed by atoms with van der Waals surface area (Å²) in [5, 5.41) is 3.26. The summed E-state index contributed by atoms with van der Waals surface area (Å²) in [4.78, 5) is 0. The van der Waals surface area contributed by atoms with Crippen LogP contribution in [0.1, 0.15) is 19.4 Å².